The third-order valence-corrected chi connectivity index (χ3v) is 7.29. The van der Waals surface area contributed by atoms with E-state index in [4.69, 9.17) is 16.3 Å². The van der Waals surface area contributed by atoms with Crippen LogP contribution in [-0.2, 0) is 15.1 Å². The number of halogens is 1. The molecule has 2 aromatic carbocycles. The molecule has 3 aliphatic rings. The highest BCUT2D eigenvalue weighted by molar-refractivity contribution is 6.31. The molecule has 2 N–H and O–H groups in total. The molecule has 0 bridgehead atoms. The maximum absolute atomic E-state index is 13.7. The van der Waals surface area contributed by atoms with Crippen LogP contribution < -0.4 is 15.4 Å². The maximum Gasteiger partial charge on any atom is 0.250 e. The Morgan fingerprint density at radius 3 is 2.87 bits per heavy atom. The van der Waals surface area contributed by atoms with Gasteiger partial charge in [0, 0.05) is 22.3 Å². The SMILES string of the molecule is COc1ccc(Cl)cc1NC(=O)[C@@H]1C[C@@H]2CCCN2[C@@]12C(=O)Nc1c(C)cc(C)cc12. The predicted molar refractivity (Wildman–Crippen MR) is 121 cm³/mol. The predicted octanol–water partition coefficient (Wildman–Crippen LogP) is 4.24. The molecule has 162 valence electrons. The highest BCUT2D eigenvalue weighted by atomic mass is 35.5. The normalized spacial score (nSPS) is 26.6. The van der Waals surface area contributed by atoms with Gasteiger partial charge in [0.15, 0.2) is 0 Å². The summed E-state index contributed by atoms with van der Waals surface area (Å²) in [6.45, 7) is 4.86. The number of carbonyl (C=O) groups excluding carboxylic acids is 2. The smallest absolute Gasteiger partial charge is 0.250 e. The van der Waals surface area contributed by atoms with E-state index in [1.54, 1.807) is 25.3 Å². The van der Waals surface area contributed by atoms with Gasteiger partial charge < -0.3 is 15.4 Å². The number of benzene rings is 2. The minimum Gasteiger partial charge on any atom is -0.495 e. The molecule has 0 aliphatic carbocycles. The first-order chi connectivity index (χ1) is 14.9. The van der Waals surface area contributed by atoms with E-state index >= 15 is 0 Å². The number of hydrogen-bond acceptors (Lipinski definition) is 4. The van der Waals surface area contributed by atoms with Crippen LogP contribution in [0.2, 0.25) is 5.02 Å². The van der Waals surface area contributed by atoms with E-state index in [-0.39, 0.29) is 17.9 Å². The molecule has 0 radical (unpaired) electrons. The van der Waals surface area contributed by atoms with Crippen LogP contribution in [0, 0.1) is 19.8 Å². The van der Waals surface area contributed by atoms with Crippen LogP contribution in [0.5, 0.6) is 5.75 Å². The van der Waals surface area contributed by atoms with Gasteiger partial charge in [-0.25, -0.2) is 0 Å². The summed E-state index contributed by atoms with van der Waals surface area (Å²) in [5, 5.41) is 6.63. The Morgan fingerprint density at radius 2 is 2.10 bits per heavy atom. The van der Waals surface area contributed by atoms with Crippen molar-refractivity contribution in [3.63, 3.8) is 0 Å². The zero-order valence-electron chi connectivity index (χ0n) is 17.9. The summed E-state index contributed by atoms with van der Waals surface area (Å²) in [6, 6.07) is 9.48. The fourth-order valence-corrected chi connectivity index (χ4v) is 6.05. The number of hydrogen-bond donors (Lipinski definition) is 2. The zero-order valence-corrected chi connectivity index (χ0v) is 18.7. The van der Waals surface area contributed by atoms with Crippen LogP contribution in [0.4, 0.5) is 11.4 Å². The van der Waals surface area contributed by atoms with Crippen LogP contribution in [-0.4, -0.2) is 36.4 Å². The van der Waals surface area contributed by atoms with Gasteiger partial charge in [-0.3, -0.25) is 14.5 Å². The minimum atomic E-state index is -0.983. The zero-order chi connectivity index (χ0) is 21.9. The first-order valence-corrected chi connectivity index (χ1v) is 11.1. The molecule has 3 heterocycles. The summed E-state index contributed by atoms with van der Waals surface area (Å²) in [4.78, 5) is 29.6. The van der Waals surface area contributed by atoms with E-state index in [0.717, 1.165) is 41.8 Å². The Kier molecular flexibility index (Phi) is 4.75. The van der Waals surface area contributed by atoms with Crippen molar-refractivity contribution in [2.75, 3.05) is 24.3 Å². The first-order valence-electron chi connectivity index (χ1n) is 10.7. The summed E-state index contributed by atoms with van der Waals surface area (Å²) in [5.41, 5.74) is 3.42. The van der Waals surface area contributed by atoms with Crippen molar-refractivity contribution in [2.24, 2.45) is 5.92 Å². The molecule has 7 heteroatoms. The standard InChI is InChI=1S/C24H26ClN3O3/c1-13-9-14(2)21-17(10-13)24(23(30)27-21)18(12-16-5-4-8-28(16)24)22(29)26-19-11-15(25)6-7-20(19)31-3/h6-7,9-11,16,18H,4-5,8,12H2,1-3H3,(H,26,29)(H,27,30)/t16-,18-,24+/m0/s1. The van der Waals surface area contributed by atoms with Crippen LogP contribution in [0.25, 0.3) is 0 Å². The van der Waals surface area contributed by atoms with Crippen molar-refractivity contribution in [2.45, 2.75) is 44.7 Å². The van der Waals surface area contributed by atoms with Crippen LogP contribution >= 0.6 is 11.6 Å². The van der Waals surface area contributed by atoms with Crippen molar-refractivity contribution >= 4 is 34.8 Å². The quantitative estimate of drug-likeness (QED) is 0.750. The molecule has 2 aromatic rings. The second-order valence-corrected chi connectivity index (χ2v) is 9.27. The molecular weight excluding hydrogens is 414 g/mol. The van der Waals surface area contributed by atoms with Gasteiger partial charge in [-0.1, -0.05) is 29.3 Å². The summed E-state index contributed by atoms with van der Waals surface area (Å²) in [6.07, 6.45) is 2.68. The largest absolute Gasteiger partial charge is 0.495 e. The minimum absolute atomic E-state index is 0.0983. The number of amides is 2. The molecule has 31 heavy (non-hydrogen) atoms. The number of fused-ring (bicyclic) bond motifs is 4. The van der Waals surface area contributed by atoms with Crippen molar-refractivity contribution in [3.05, 3.63) is 52.0 Å². The number of methoxy groups -OCH3 is 1. The number of nitrogens with one attached hydrogen (secondary N) is 2. The van der Waals surface area contributed by atoms with Gasteiger partial charge in [0.05, 0.1) is 18.7 Å². The monoisotopic (exact) mass is 439 g/mol. The first kappa shape index (κ1) is 20.3. The summed E-state index contributed by atoms with van der Waals surface area (Å²) >= 11 is 6.16. The van der Waals surface area contributed by atoms with Gasteiger partial charge >= 0.3 is 0 Å². The van der Waals surface area contributed by atoms with Crippen molar-refractivity contribution in [1.29, 1.82) is 0 Å². The Hall–Kier alpha value is -2.57. The number of ether oxygens (including phenoxy) is 1. The lowest BCUT2D eigenvalue weighted by Gasteiger charge is -2.36. The Morgan fingerprint density at radius 1 is 1.29 bits per heavy atom. The average Bonchev–Trinajstić information content (AvgIpc) is 3.37. The number of carbonyl (C=O) groups is 2. The van der Waals surface area contributed by atoms with Gasteiger partial charge in [-0.2, -0.15) is 0 Å². The van der Waals surface area contributed by atoms with Crippen molar-refractivity contribution in [1.82, 2.24) is 4.90 Å². The van der Waals surface area contributed by atoms with E-state index in [9.17, 15) is 9.59 Å². The third kappa shape index (κ3) is 2.88. The molecule has 3 atom stereocenters. The van der Waals surface area contributed by atoms with E-state index < -0.39 is 11.5 Å². The molecule has 2 amide bonds. The fraction of sp³-hybridized carbons (Fsp3) is 0.417. The number of nitrogens with zero attached hydrogens (tertiary/aromatic N) is 1. The van der Waals surface area contributed by atoms with E-state index in [0.29, 0.717) is 22.9 Å². The van der Waals surface area contributed by atoms with Gasteiger partial charge in [-0.05, 0) is 63.4 Å². The molecule has 6 nitrogen and oxygen atoms in total. The lowest BCUT2D eigenvalue weighted by molar-refractivity contribution is -0.135. The lowest BCUT2D eigenvalue weighted by Crippen LogP contribution is -2.53. The van der Waals surface area contributed by atoms with Crippen LogP contribution in [0.15, 0.2) is 30.3 Å². The maximum atomic E-state index is 13.7. The molecule has 0 saturated carbocycles. The molecule has 0 aromatic heterocycles. The number of aryl methyl sites for hydroxylation is 2. The van der Waals surface area contributed by atoms with Crippen molar-refractivity contribution in [3.8, 4) is 5.75 Å². The van der Waals surface area contributed by atoms with E-state index in [1.165, 1.54) is 0 Å². The Bertz CT molecular complexity index is 1100. The third-order valence-electron chi connectivity index (χ3n) is 7.05. The topological polar surface area (TPSA) is 70.7 Å². The van der Waals surface area contributed by atoms with Gasteiger partial charge in [-0.15, -0.1) is 0 Å². The van der Waals surface area contributed by atoms with Crippen molar-refractivity contribution < 1.29 is 14.3 Å². The molecule has 5 rings (SSSR count). The molecule has 2 saturated heterocycles. The molecule has 0 unspecified atom stereocenters. The summed E-state index contributed by atoms with van der Waals surface area (Å²) in [7, 11) is 1.55. The fourth-order valence-electron chi connectivity index (χ4n) is 5.88. The number of rotatable bonds is 3. The molecular formula is C24H26ClN3O3. The Labute approximate surface area is 186 Å². The van der Waals surface area contributed by atoms with Gasteiger partial charge in [0.1, 0.15) is 11.3 Å². The van der Waals surface area contributed by atoms with Gasteiger partial charge in [0.25, 0.3) is 0 Å². The van der Waals surface area contributed by atoms with Crippen LogP contribution in [0.1, 0.15) is 36.0 Å². The molecule has 3 aliphatic heterocycles. The second kappa shape index (κ2) is 7.24. The average molecular weight is 440 g/mol. The van der Waals surface area contributed by atoms with Crippen LogP contribution in [0.3, 0.4) is 0 Å². The van der Waals surface area contributed by atoms with E-state index in [1.807, 2.05) is 13.8 Å². The second-order valence-electron chi connectivity index (χ2n) is 8.84. The van der Waals surface area contributed by atoms with E-state index in [2.05, 4.69) is 27.7 Å². The van der Waals surface area contributed by atoms with Gasteiger partial charge in [0.2, 0.25) is 11.8 Å². The summed E-state index contributed by atoms with van der Waals surface area (Å²) < 4.78 is 5.40. The lowest BCUT2D eigenvalue weighted by atomic mass is 9.77. The molecule has 1 spiro atoms. The molecule has 2 fully saturated rings. The Balaban J connectivity index is 1.61. The summed E-state index contributed by atoms with van der Waals surface area (Å²) in [5.74, 6) is -0.256. The highest BCUT2D eigenvalue weighted by Crippen LogP contribution is 2.56. The highest BCUT2D eigenvalue weighted by Gasteiger charge is 2.65. The number of anilines is 2.